The predicted molar refractivity (Wildman–Crippen MR) is 103 cm³/mol. The molecular weight excluding hydrogens is 358 g/mol. The topological polar surface area (TPSA) is 84.9 Å². The molecule has 4 atom stereocenters. The van der Waals surface area contributed by atoms with Crippen molar-refractivity contribution in [1.29, 1.82) is 0 Å². The lowest BCUT2D eigenvalue weighted by Gasteiger charge is -2.58. The van der Waals surface area contributed by atoms with Crippen LogP contribution in [0, 0.1) is 24.2 Å². The summed E-state index contributed by atoms with van der Waals surface area (Å²) in [5.74, 6) is 0.939. The molecule has 6 heteroatoms. The van der Waals surface area contributed by atoms with Crippen LogP contribution in [-0.4, -0.2) is 42.3 Å². The Morgan fingerprint density at radius 3 is 2.64 bits per heavy atom. The Morgan fingerprint density at radius 1 is 1.21 bits per heavy atom. The van der Waals surface area contributed by atoms with Crippen LogP contribution in [-0.2, 0) is 14.3 Å². The van der Waals surface area contributed by atoms with Crippen molar-refractivity contribution in [2.45, 2.75) is 51.0 Å². The lowest BCUT2D eigenvalue weighted by atomic mass is 9.48. The summed E-state index contributed by atoms with van der Waals surface area (Å²) in [6.45, 7) is 2.41. The number of aliphatic hydroxyl groups is 1. The van der Waals surface area contributed by atoms with E-state index in [4.69, 9.17) is 9.47 Å². The van der Waals surface area contributed by atoms with Crippen molar-refractivity contribution in [3.05, 3.63) is 29.8 Å². The minimum Gasteiger partial charge on any atom is -0.492 e. The molecule has 4 aliphatic rings. The van der Waals surface area contributed by atoms with Crippen molar-refractivity contribution in [2.75, 3.05) is 19.8 Å². The van der Waals surface area contributed by atoms with E-state index in [0.717, 1.165) is 43.4 Å². The highest BCUT2D eigenvalue weighted by Crippen LogP contribution is 2.61. The molecule has 0 aliphatic heterocycles. The van der Waals surface area contributed by atoms with Gasteiger partial charge in [0.25, 0.3) is 5.91 Å². The van der Waals surface area contributed by atoms with Crippen LogP contribution in [0.3, 0.4) is 0 Å². The normalized spacial score (nSPS) is 32.8. The molecule has 2 unspecified atom stereocenters. The van der Waals surface area contributed by atoms with E-state index in [-0.39, 0.29) is 18.5 Å². The average Bonchev–Trinajstić information content (AvgIpc) is 2.61. The van der Waals surface area contributed by atoms with Crippen LogP contribution >= 0.6 is 0 Å². The Morgan fingerprint density at radius 2 is 1.96 bits per heavy atom. The molecule has 1 amide bonds. The molecule has 4 aliphatic carbocycles. The smallest absolute Gasteiger partial charge is 0.312 e. The maximum Gasteiger partial charge on any atom is 0.312 e. The zero-order chi connectivity index (χ0) is 19.8. The van der Waals surface area contributed by atoms with Crippen LogP contribution in [0.2, 0.25) is 0 Å². The third-order valence-corrected chi connectivity index (χ3v) is 6.48. The summed E-state index contributed by atoms with van der Waals surface area (Å²) in [5, 5.41) is 13.5. The van der Waals surface area contributed by atoms with Crippen molar-refractivity contribution in [3.63, 3.8) is 0 Å². The molecule has 0 radical (unpaired) electrons. The van der Waals surface area contributed by atoms with Gasteiger partial charge in [-0.1, -0.05) is 12.1 Å². The summed E-state index contributed by atoms with van der Waals surface area (Å²) < 4.78 is 11.0. The molecule has 4 bridgehead atoms. The molecule has 5 rings (SSSR count). The van der Waals surface area contributed by atoms with Crippen molar-refractivity contribution < 1.29 is 24.2 Å². The molecule has 152 valence electrons. The highest BCUT2D eigenvalue weighted by atomic mass is 16.5. The Labute approximate surface area is 165 Å². The Bertz CT molecular complexity index is 747. The summed E-state index contributed by atoms with van der Waals surface area (Å²) in [4.78, 5) is 24.8. The molecule has 1 aromatic rings. The second-order valence-corrected chi connectivity index (χ2v) is 9.06. The van der Waals surface area contributed by atoms with Crippen molar-refractivity contribution in [3.8, 4) is 5.75 Å². The van der Waals surface area contributed by atoms with Crippen LogP contribution in [0.5, 0.6) is 5.75 Å². The SMILES string of the molecule is Cc1cccc(OCCNC(=O)COC(=O)C23C[C@@H]4C[C@@H](CC(O)(C4)C2)C3)c1. The predicted octanol–water partition coefficient (Wildman–Crippen LogP) is 2.36. The molecule has 0 spiro atoms. The van der Waals surface area contributed by atoms with Gasteiger partial charge < -0.3 is 19.9 Å². The lowest BCUT2D eigenvalue weighted by Crippen LogP contribution is -2.58. The van der Waals surface area contributed by atoms with Crippen molar-refractivity contribution in [1.82, 2.24) is 5.32 Å². The maximum atomic E-state index is 12.8. The van der Waals surface area contributed by atoms with Gasteiger partial charge in [-0.15, -0.1) is 0 Å². The lowest BCUT2D eigenvalue weighted by molar-refractivity contribution is -0.196. The highest BCUT2D eigenvalue weighted by molar-refractivity contribution is 5.83. The zero-order valence-electron chi connectivity index (χ0n) is 16.4. The molecule has 0 aromatic heterocycles. The van der Waals surface area contributed by atoms with Gasteiger partial charge in [0.15, 0.2) is 6.61 Å². The molecule has 0 heterocycles. The van der Waals surface area contributed by atoms with Gasteiger partial charge in [-0.3, -0.25) is 9.59 Å². The number of amides is 1. The summed E-state index contributed by atoms with van der Waals surface area (Å²) in [6, 6.07) is 7.72. The average molecular weight is 387 g/mol. The number of carbonyl (C=O) groups is 2. The second kappa shape index (κ2) is 7.39. The molecule has 1 aromatic carbocycles. The van der Waals surface area contributed by atoms with Crippen LogP contribution in [0.4, 0.5) is 0 Å². The third kappa shape index (κ3) is 4.02. The monoisotopic (exact) mass is 387 g/mol. The van der Waals surface area contributed by atoms with Crippen LogP contribution in [0.15, 0.2) is 24.3 Å². The van der Waals surface area contributed by atoms with Crippen LogP contribution in [0.25, 0.3) is 0 Å². The van der Waals surface area contributed by atoms with E-state index in [0.29, 0.717) is 31.4 Å². The van der Waals surface area contributed by atoms with E-state index in [9.17, 15) is 14.7 Å². The van der Waals surface area contributed by atoms with Crippen LogP contribution in [0.1, 0.15) is 44.1 Å². The first-order valence-corrected chi connectivity index (χ1v) is 10.2. The van der Waals surface area contributed by atoms with Gasteiger partial charge in [0.2, 0.25) is 0 Å². The van der Waals surface area contributed by atoms with Gasteiger partial charge in [-0.05, 0) is 75.0 Å². The molecule has 0 saturated heterocycles. The third-order valence-electron chi connectivity index (χ3n) is 6.48. The second-order valence-electron chi connectivity index (χ2n) is 9.06. The Balaban J connectivity index is 1.20. The Kier molecular flexibility index (Phi) is 5.08. The first-order chi connectivity index (χ1) is 13.4. The van der Waals surface area contributed by atoms with E-state index in [1.54, 1.807) is 0 Å². The number of benzene rings is 1. The van der Waals surface area contributed by atoms with Gasteiger partial charge in [-0.25, -0.2) is 0 Å². The van der Waals surface area contributed by atoms with Crippen LogP contribution < -0.4 is 10.1 Å². The number of nitrogens with one attached hydrogen (secondary N) is 1. The number of hydrogen-bond donors (Lipinski definition) is 2. The zero-order valence-corrected chi connectivity index (χ0v) is 16.4. The Hall–Kier alpha value is -2.08. The van der Waals surface area contributed by atoms with E-state index < -0.39 is 11.0 Å². The molecule has 4 fully saturated rings. The number of rotatable bonds is 7. The highest BCUT2D eigenvalue weighted by Gasteiger charge is 2.60. The van der Waals surface area contributed by atoms with Gasteiger partial charge in [0.05, 0.1) is 17.6 Å². The quantitative estimate of drug-likeness (QED) is 0.554. The van der Waals surface area contributed by atoms with Gasteiger partial charge >= 0.3 is 5.97 Å². The van der Waals surface area contributed by atoms with Gasteiger partial charge in [-0.2, -0.15) is 0 Å². The standard InChI is InChI=1S/C22H29NO5/c1-15-3-2-4-18(7-15)27-6-5-23-19(24)13-28-20(25)21-9-16-8-17(10-21)12-22(26,11-16)14-21/h2-4,7,16-17,26H,5-6,8-14H2,1H3,(H,23,24)/t16-,17+,21?,22?. The first kappa shape index (κ1) is 19.2. The molecule has 2 N–H and O–H groups in total. The van der Waals surface area contributed by atoms with Crippen molar-refractivity contribution >= 4 is 11.9 Å². The molecule has 28 heavy (non-hydrogen) atoms. The van der Waals surface area contributed by atoms with Crippen molar-refractivity contribution in [2.24, 2.45) is 17.3 Å². The van der Waals surface area contributed by atoms with Gasteiger partial charge in [0, 0.05) is 0 Å². The number of esters is 1. The summed E-state index contributed by atoms with van der Waals surface area (Å²) in [6.07, 6.45) is 4.78. The summed E-state index contributed by atoms with van der Waals surface area (Å²) in [5.41, 5.74) is -0.186. The number of aryl methyl sites for hydroxylation is 1. The first-order valence-electron chi connectivity index (χ1n) is 10.2. The fourth-order valence-corrected chi connectivity index (χ4v) is 5.85. The van der Waals surface area contributed by atoms with Gasteiger partial charge in [0.1, 0.15) is 12.4 Å². The number of carbonyl (C=O) groups excluding carboxylic acids is 2. The summed E-state index contributed by atoms with van der Waals surface area (Å²) >= 11 is 0. The molecule has 4 saturated carbocycles. The minimum absolute atomic E-state index is 0.279. The maximum absolute atomic E-state index is 12.8. The number of hydrogen-bond acceptors (Lipinski definition) is 5. The fraction of sp³-hybridized carbons (Fsp3) is 0.636. The number of ether oxygens (including phenoxy) is 2. The van der Waals surface area contributed by atoms with E-state index in [1.165, 1.54) is 0 Å². The minimum atomic E-state index is -0.710. The molecular formula is C22H29NO5. The molecule has 6 nitrogen and oxygen atoms in total. The largest absolute Gasteiger partial charge is 0.492 e. The van der Waals surface area contributed by atoms with E-state index >= 15 is 0 Å². The fourth-order valence-electron chi connectivity index (χ4n) is 5.85. The van der Waals surface area contributed by atoms with E-state index in [2.05, 4.69) is 5.32 Å². The summed E-state index contributed by atoms with van der Waals surface area (Å²) in [7, 11) is 0. The van der Waals surface area contributed by atoms with E-state index in [1.807, 2.05) is 31.2 Å².